The van der Waals surface area contributed by atoms with Crippen LogP contribution in [0.5, 0.6) is 5.75 Å². The summed E-state index contributed by atoms with van der Waals surface area (Å²) in [7, 11) is 0. The number of rotatable bonds is 61. The molecule has 1 aromatic rings. The van der Waals surface area contributed by atoms with Crippen LogP contribution in [0.2, 0.25) is 0 Å². The second-order valence-corrected chi connectivity index (χ2v) is 22.0. The zero-order valence-corrected chi connectivity index (χ0v) is 51.6. The Bertz CT molecular complexity index is 2080. The largest absolute Gasteiger partial charge is 0.508 e. The number of phenolic OH excluding ortho intramolecular Hbond substituents is 1. The number of aliphatic hydroxyl groups excluding tert-OH is 1. The Morgan fingerprint density at radius 2 is 1.00 bits per heavy atom. The number of aliphatic hydroxyl groups is 1. The van der Waals surface area contributed by atoms with Crippen molar-refractivity contribution in [1.29, 1.82) is 0 Å². The fraction of sp³-hybridized carbons (Fsp3) is 0.746. The number of carbonyl (C=O) groups is 10. The van der Waals surface area contributed by atoms with Gasteiger partial charge in [0.25, 0.3) is 0 Å². The van der Waals surface area contributed by atoms with Crippen LogP contribution in [0.15, 0.2) is 24.3 Å². The first kappa shape index (κ1) is 78.5. The fourth-order valence-corrected chi connectivity index (χ4v) is 9.38. The summed E-state index contributed by atoms with van der Waals surface area (Å²) in [6.45, 7) is 3.71. The van der Waals surface area contributed by atoms with Gasteiger partial charge in [-0.3, -0.25) is 47.9 Å². The number of unbranched alkanes of at least 4 members (excludes halogenated alkanes) is 15. The lowest BCUT2D eigenvalue weighted by Crippen LogP contribution is -2.50. The van der Waals surface area contributed by atoms with Crippen molar-refractivity contribution >= 4 is 58.6 Å². The number of carbonyl (C=O) groups excluding carboxylic acids is 8. The average molecular weight is 1220 g/mol. The van der Waals surface area contributed by atoms with Crippen LogP contribution in [-0.4, -0.2) is 183 Å². The third-order valence-electron chi connectivity index (χ3n) is 14.4. The van der Waals surface area contributed by atoms with E-state index in [0.29, 0.717) is 58.1 Å². The summed E-state index contributed by atoms with van der Waals surface area (Å²) in [5, 5.41) is 51.6. The molecule has 23 heteroatoms. The van der Waals surface area contributed by atoms with Crippen molar-refractivity contribution < 1.29 is 87.3 Å². The molecule has 0 heterocycles. The zero-order valence-electron chi connectivity index (χ0n) is 51.6. The summed E-state index contributed by atoms with van der Waals surface area (Å²) < 4.78 is 21.7. The number of ketones is 5. The van der Waals surface area contributed by atoms with Crippen LogP contribution in [0.3, 0.4) is 0 Å². The van der Waals surface area contributed by atoms with E-state index in [1.807, 2.05) is 6.92 Å². The number of ether oxygens (including phenoxy) is 4. The first-order valence-electron chi connectivity index (χ1n) is 31.5. The van der Waals surface area contributed by atoms with Crippen LogP contribution >= 0.6 is 0 Å². The molecule has 86 heavy (non-hydrogen) atoms. The van der Waals surface area contributed by atoms with E-state index in [0.717, 1.165) is 56.9 Å². The maximum atomic E-state index is 13.4. The van der Waals surface area contributed by atoms with E-state index in [2.05, 4.69) is 26.6 Å². The predicted octanol–water partition coefficient (Wildman–Crippen LogP) is 5.83. The monoisotopic (exact) mass is 1220 g/mol. The van der Waals surface area contributed by atoms with Crippen LogP contribution in [0.25, 0.3) is 0 Å². The van der Waals surface area contributed by atoms with Gasteiger partial charge < -0.3 is 66.0 Å². The Balaban J connectivity index is 2.10. The van der Waals surface area contributed by atoms with Crippen molar-refractivity contribution in [3.8, 4) is 5.75 Å². The number of phenols is 1. The molecule has 0 saturated carbocycles. The van der Waals surface area contributed by atoms with Crippen molar-refractivity contribution in [2.75, 3.05) is 85.6 Å². The average Bonchev–Trinajstić information content (AvgIpc) is 3.69. The number of carboxylic acids is 2. The van der Waals surface area contributed by atoms with Gasteiger partial charge in [0, 0.05) is 58.7 Å². The van der Waals surface area contributed by atoms with Gasteiger partial charge in [0.1, 0.15) is 31.4 Å². The van der Waals surface area contributed by atoms with Gasteiger partial charge in [-0.15, -0.1) is 0 Å². The lowest BCUT2D eigenvalue weighted by Gasteiger charge is -2.22. The van der Waals surface area contributed by atoms with Gasteiger partial charge in [-0.1, -0.05) is 109 Å². The third-order valence-corrected chi connectivity index (χ3v) is 14.4. The molecule has 0 unspecified atom stereocenters. The minimum Gasteiger partial charge on any atom is -0.508 e. The first-order valence-corrected chi connectivity index (χ1v) is 31.5. The van der Waals surface area contributed by atoms with Crippen LogP contribution < -0.4 is 26.6 Å². The molecule has 1 aromatic carbocycles. The van der Waals surface area contributed by atoms with Crippen LogP contribution in [-0.2, 0) is 73.3 Å². The number of Topliss-reactive ketones (excluding diaryl/α,β-unsaturated/α-hetero) is 5. The van der Waals surface area contributed by atoms with Crippen molar-refractivity contribution in [3.63, 3.8) is 0 Å². The van der Waals surface area contributed by atoms with E-state index in [1.165, 1.54) is 64.0 Å². The van der Waals surface area contributed by atoms with Crippen LogP contribution in [0.1, 0.15) is 193 Å². The molecule has 4 atom stereocenters. The molecule has 1 rings (SSSR count). The summed E-state index contributed by atoms with van der Waals surface area (Å²) in [5.41, 5.74) is 0.732. The molecule has 9 N–H and O–H groups in total. The van der Waals surface area contributed by atoms with Gasteiger partial charge in [-0.25, -0.2) is 0 Å². The maximum Gasteiger partial charge on any atom is 0.306 e. The predicted molar refractivity (Wildman–Crippen MR) is 324 cm³/mol. The number of carboxylic acid groups (broad SMARTS) is 2. The number of benzene rings is 1. The van der Waals surface area contributed by atoms with Gasteiger partial charge in [0.05, 0.1) is 70.2 Å². The van der Waals surface area contributed by atoms with Gasteiger partial charge >= 0.3 is 11.9 Å². The number of amides is 3. The Labute approximate surface area is 509 Å². The summed E-state index contributed by atoms with van der Waals surface area (Å²) in [6.07, 6.45) is 19.9. The van der Waals surface area contributed by atoms with E-state index < -0.39 is 48.4 Å². The topological polar surface area (TPSA) is 349 Å². The standard InChI is InChI=1S/C63H105N5O18/c1-3-4-24-54(66-44-58(75)56(68-48(2)70)41-49-27-30-51(71)31-28-49)57(74)43-67-55(59(76)45-69)25-19-20-33-64-61(78)47-86-40-37-83-35-21-23-53(73)46-85-39-38-84-36-34-65-60(77)32-29-50(63(81)82)42-52(72)22-17-15-13-11-9-7-5-6-8-10-12-14-16-18-26-62(79)80/h27-28,30-31,50,54-56,66-67,69,71H,3-26,29,32-47H2,1-2H3,(H,64,78)(H,65,77)(H,68,70)(H,79,80)(H,81,82)/t50-,54+,55+,56-/m1/s1. The Hall–Kier alpha value is -5.56. The molecule has 0 radical (unpaired) electrons. The van der Waals surface area contributed by atoms with Gasteiger partial charge in [-0.05, 0) is 75.5 Å². The molecular formula is C63H105N5O18. The van der Waals surface area contributed by atoms with E-state index in [1.54, 1.807) is 12.1 Å². The van der Waals surface area contributed by atoms with Gasteiger partial charge in [0.2, 0.25) is 17.7 Å². The summed E-state index contributed by atoms with van der Waals surface area (Å²) in [6, 6.07) is 3.94. The maximum absolute atomic E-state index is 13.4. The molecule has 0 aliphatic carbocycles. The van der Waals surface area contributed by atoms with Crippen molar-refractivity contribution in [1.82, 2.24) is 26.6 Å². The Morgan fingerprint density at radius 1 is 0.488 bits per heavy atom. The van der Waals surface area contributed by atoms with E-state index in [4.69, 9.17) is 24.1 Å². The number of nitrogens with one attached hydrogen (secondary N) is 5. The Morgan fingerprint density at radius 3 is 1.57 bits per heavy atom. The molecule has 23 nitrogen and oxygen atoms in total. The molecule has 0 bridgehead atoms. The molecule has 0 aliphatic heterocycles. The highest BCUT2D eigenvalue weighted by atomic mass is 16.5. The minimum absolute atomic E-state index is 0.0204. The molecular weight excluding hydrogens is 1110 g/mol. The number of aliphatic carboxylic acids is 2. The van der Waals surface area contributed by atoms with E-state index >= 15 is 0 Å². The summed E-state index contributed by atoms with van der Waals surface area (Å²) >= 11 is 0. The molecule has 0 fully saturated rings. The SMILES string of the molecule is CCCC[C@H](NCC(=O)[C@@H](Cc1ccc(O)cc1)NC(C)=O)C(=O)CN[C@@H](CCCCNC(=O)COCCOCCCC(=O)COCCOCCNC(=O)CC[C@H](CC(=O)CCCCCCCCCCCCCCCCC(=O)O)C(=O)O)C(=O)CO. The fourth-order valence-electron chi connectivity index (χ4n) is 9.38. The summed E-state index contributed by atoms with van der Waals surface area (Å²) in [5.74, 6) is -4.96. The highest BCUT2D eigenvalue weighted by Crippen LogP contribution is 2.18. The Kier molecular flexibility index (Phi) is 47.9. The molecule has 490 valence electrons. The molecule has 0 saturated heterocycles. The van der Waals surface area contributed by atoms with E-state index in [9.17, 15) is 63.3 Å². The normalized spacial score (nSPS) is 12.6. The quantitative estimate of drug-likeness (QED) is 0.0346. The van der Waals surface area contributed by atoms with E-state index in [-0.39, 0.29) is 151 Å². The van der Waals surface area contributed by atoms with Crippen molar-refractivity contribution in [2.45, 2.75) is 212 Å². The lowest BCUT2D eigenvalue weighted by molar-refractivity contribution is -0.144. The molecule has 0 spiro atoms. The van der Waals surface area contributed by atoms with Crippen molar-refractivity contribution in [2.24, 2.45) is 5.92 Å². The molecule has 3 amide bonds. The second-order valence-electron chi connectivity index (χ2n) is 22.0. The number of hydrogen-bond acceptors (Lipinski definition) is 18. The van der Waals surface area contributed by atoms with Crippen LogP contribution in [0.4, 0.5) is 0 Å². The minimum atomic E-state index is -1.09. The van der Waals surface area contributed by atoms with Crippen molar-refractivity contribution in [3.05, 3.63) is 29.8 Å². The highest BCUT2D eigenvalue weighted by molar-refractivity contribution is 5.92. The van der Waals surface area contributed by atoms with Gasteiger partial charge in [0.15, 0.2) is 23.1 Å². The molecule has 0 aromatic heterocycles. The lowest BCUT2D eigenvalue weighted by atomic mass is 9.94. The number of aromatic hydroxyl groups is 1. The third kappa shape index (κ3) is 44.8. The molecule has 0 aliphatic rings. The number of hydrogen-bond donors (Lipinski definition) is 9. The highest BCUT2D eigenvalue weighted by Gasteiger charge is 2.26. The second kappa shape index (κ2) is 52.6. The van der Waals surface area contributed by atoms with Crippen LogP contribution in [0, 0.1) is 5.92 Å². The smallest absolute Gasteiger partial charge is 0.306 e. The zero-order chi connectivity index (χ0) is 63.4. The van der Waals surface area contributed by atoms with Gasteiger partial charge in [-0.2, -0.15) is 0 Å². The summed E-state index contributed by atoms with van der Waals surface area (Å²) in [4.78, 5) is 123. The first-order chi connectivity index (χ1) is 41.4.